The Labute approximate surface area is 263 Å². The summed E-state index contributed by atoms with van der Waals surface area (Å²) in [5, 5.41) is 0. The first-order chi connectivity index (χ1) is 19.9. The van der Waals surface area contributed by atoms with Crippen molar-refractivity contribution in [1.29, 1.82) is 0 Å². The van der Waals surface area contributed by atoms with E-state index in [4.69, 9.17) is 12.3 Å². The Hall–Kier alpha value is -3.06. The van der Waals surface area contributed by atoms with E-state index in [1.165, 1.54) is 61.2 Å². The van der Waals surface area contributed by atoms with Crippen LogP contribution in [-0.2, 0) is 12.8 Å². The fourth-order valence-electron chi connectivity index (χ4n) is 9.60. The molecular weight excluding hydrogens is 518 g/mol. The van der Waals surface area contributed by atoms with E-state index in [1.54, 1.807) is 0 Å². The van der Waals surface area contributed by atoms with E-state index in [9.17, 15) is 0 Å². The lowest BCUT2D eigenvalue weighted by molar-refractivity contribution is 0.119. The number of hydrogen-bond acceptors (Lipinski definition) is 1. The molecule has 2 aromatic rings. The van der Waals surface area contributed by atoms with Gasteiger partial charge in [0.15, 0.2) is 0 Å². The number of benzene rings is 2. The molecule has 0 aliphatic heterocycles. The second-order valence-corrected chi connectivity index (χ2v) is 15.3. The van der Waals surface area contributed by atoms with E-state index >= 15 is 0 Å². The molecule has 2 aliphatic rings. The molecule has 230 valence electrons. The fourth-order valence-corrected chi connectivity index (χ4v) is 9.60. The Morgan fingerprint density at radius 1 is 1.00 bits per heavy atom. The standard InChI is InChI=1S/C42H57N/c1-15-32-16-18-33(19-17-32)35-21-34(24(2)3)36-22-42(14)23-41(12,13)39(25(4)5)29(9)37(31(11)43)26(6)20-27(7)40(42)30(10)38(36)28(35)8/h16-19,21,24-25,39H,6,10-11,15,20,22-23,43H2,1-5,7-9,12-14H3/b37-29+,40-27-/t39-,42+/m1/s1. The molecule has 1 nitrogen and oxygen atoms in total. The molecule has 0 bridgehead atoms. The van der Waals surface area contributed by atoms with E-state index in [-0.39, 0.29) is 10.8 Å². The van der Waals surface area contributed by atoms with E-state index in [2.05, 4.69) is 120 Å². The van der Waals surface area contributed by atoms with Gasteiger partial charge in [0.1, 0.15) is 0 Å². The molecule has 2 aromatic carbocycles. The smallest absolute Gasteiger partial charge is 0.0316 e. The molecular formula is C42H57N. The lowest BCUT2D eigenvalue weighted by Gasteiger charge is -2.50. The van der Waals surface area contributed by atoms with Crippen LogP contribution in [0.3, 0.4) is 0 Å². The molecule has 0 aromatic heterocycles. The number of aryl methyl sites for hydroxylation is 1. The third-order valence-corrected chi connectivity index (χ3v) is 10.6. The van der Waals surface area contributed by atoms with Gasteiger partial charge in [0.05, 0.1) is 0 Å². The number of fused-ring (bicyclic) bond motifs is 2. The second kappa shape index (κ2) is 11.8. The van der Waals surface area contributed by atoms with Crippen molar-refractivity contribution in [3.05, 3.63) is 111 Å². The fraction of sp³-hybridized carbons (Fsp3) is 0.476. The molecule has 2 aliphatic carbocycles. The highest BCUT2D eigenvalue weighted by atomic mass is 14.6. The topological polar surface area (TPSA) is 26.0 Å². The molecule has 0 heterocycles. The average Bonchev–Trinajstić information content (AvgIpc) is 2.86. The maximum absolute atomic E-state index is 6.51. The average molecular weight is 576 g/mol. The van der Waals surface area contributed by atoms with Crippen LogP contribution in [0.25, 0.3) is 16.7 Å². The molecule has 0 spiro atoms. The molecule has 1 heteroatoms. The van der Waals surface area contributed by atoms with Crippen LogP contribution in [0.5, 0.6) is 0 Å². The van der Waals surface area contributed by atoms with Gasteiger partial charge in [-0.15, -0.1) is 0 Å². The SMILES string of the molecule is C=C(N)/C1=C(\C)[C@@H](C(C)C)C(C)(C)C[C@]2(C)Cc3c(C(C)C)cc(-c4ccc(CC)cc4)c(C)c3C(=C)/C2=C(\C)CC1=C. The van der Waals surface area contributed by atoms with E-state index in [0.717, 1.165) is 36.8 Å². The minimum Gasteiger partial charge on any atom is -0.399 e. The highest BCUT2D eigenvalue weighted by molar-refractivity contribution is 5.89. The minimum atomic E-state index is -0.0526. The first-order valence-electron chi connectivity index (χ1n) is 16.4. The Morgan fingerprint density at radius 3 is 2.12 bits per heavy atom. The van der Waals surface area contributed by atoms with Gasteiger partial charge in [-0.3, -0.25) is 0 Å². The molecule has 0 fully saturated rings. The lowest BCUT2D eigenvalue weighted by Crippen LogP contribution is -2.40. The van der Waals surface area contributed by atoms with Crippen molar-refractivity contribution in [1.82, 2.24) is 0 Å². The van der Waals surface area contributed by atoms with Gasteiger partial charge in [0, 0.05) is 5.70 Å². The van der Waals surface area contributed by atoms with Crippen molar-refractivity contribution in [2.75, 3.05) is 0 Å². The van der Waals surface area contributed by atoms with Crippen LogP contribution in [0, 0.1) is 29.6 Å². The maximum atomic E-state index is 6.51. The molecule has 0 amide bonds. The van der Waals surface area contributed by atoms with Crippen molar-refractivity contribution in [2.45, 2.75) is 108 Å². The van der Waals surface area contributed by atoms with Crippen LogP contribution in [0.15, 0.2) is 83.6 Å². The van der Waals surface area contributed by atoms with Gasteiger partial charge < -0.3 is 5.73 Å². The number of rotatable bonds is 5. The summed E-state index contributed by atoms with van der Waals surface area (Å²) in [6.07, 6.45) is 3.93. The third kappa shape index (κ3) is 5.77. The summed E-state index contributed by atoms with van der Waals surface area (Å²) in [6.45, 7) is 39.8. The molecule has 43 heavy (non-hydrogen) atoms. The third-order valence-electron chi connectivity index (χ3n) is 10.6. The summed E-state index contributed by atoms with van der Waals surface area (Å²) in [7, 11) is 0. The summed E-state index contributed by atoms with van der Waals surface area (Å²) in [6, 6.07) is 11.7. The van der Waals surface area contributed by atoms with E-state index in [1.807, 2.05) is 0 Å². The summed E-state index contributed by atoms with van der Waals surface area (Å²) in [5.41, 5.74) is 24.3. The summed E-state index contributed by atoms with van der Waals surface area (Å²) >= 11 is 0. The van der Waals surface area contributed by atoms with Gasteiger partial charge in [0.25, 0.3) is 0 Å². The summed E-state index contributed by atoms with van der Waals surface area (Å²) < 4.78 is 0. The van der Waals surface area contributed by atoms with Crippen LogP contribution in [0.1, 0.15) is 116 Å². The Balaban J connectivity index is 2.04. The van der Waals surface area contributed by atoms with Gasteiger partial charge in [-0.05, 0) is 136 Å². The van der Waals surface area contributed by atoms with Crippen LogP contribution >= 0.6 is 0 Å². The monoisotopic (exact) mass is 575 g/mol. The zero-order valence-electron chi connectivity index (χ0n) is 29.1. The normalized spacial score (nSPS) is 26.0. The molecule has 0 saturated heterocycles. The van der Waals surface area contributed by atoms with Crippen LogP contribution in [-0.4, -0.2) is 0 Å². The molecule has 0 saturated carbocycles. The van der Waals surface area contributed by atoms with Crippen LogP contribution in [0.4, 0.5) is 0 Å². The molecule has 0 radical (unpaired) electrons. The van der Waals surface area contributed by atoms with Crippen molar-refractivity contribution in [3.63, 3.8) is 0 Å². The van der Waals surface area contributed by atoms with Gasteiger partial charge in [-0.2, -0.15) is 0 Å². The Morgan fingerprint density at radius 2 is 1.60 bits per heavy atom. The number of allylic oxidation sites excluding steroid dienone is 5. The molecule has 4 rings (SSSR count). The first-order valence-corrected chi connectivity index (χ1v) is 16.4. The summed E-state index contributed by atoms with van der Waals surface area (Å²) in [4.78, 5) is 0. The molecule has 0 unspecified atom stereocenters. The van der Waals surface area contributed by atoms with Crippen molar-refractivity contribution in [2.24, 2.45) is 28.4 Å². The van der Waals surface area contributed by atoms with Gasteiger partial charge in [-0.1, -0.05) is 117 Å². The Kier molecular flexibility index (Phi) is 9.01. The van der Waals surface area contributed by atoms with Crippen LogP contribution < -0.4 is 5.73 Å². The maximum Gasteiger partial charge on any atom is 0.0316 e. The van der Waals surface area contributed by atoms with E-state index in [0.29, 0.717) is 23.5 Å². The lowest BCUT2D eigenvalue weighted by atomic mass is 9.54. The largest absolute Gasteiger partial charge is 0.399 e. The zero-order valence-corrected chi connectivity index (χ0v) is 29.1. The first kappa shape index (κ1) is 32.8. The summed E-state index contributed by atoms with van der Waals surface area (Å²) in [5.74, 6) is 1.23. The number of nitrogens with two attached hydrogens (primary N) is 1. The van der Waals surface area contributed by atoms with Gasteiger partial charge >= 0.3 is 0 Å². The minimum absolute atomic E-state index is 0.0165. The number of hydrogen-bond donors (Lipinski definition) is 1. The predicted octanol–water partition coefficient (Wildman–Crippen LogP) is 11.7. The predicted molar refractivity (Wildman–Crippen MR) is 190 cm³/mol. The quantitative estimate of drug-likeness (QED) is 0.377. The second-order valence-electron chi connectivity index (χ2n) is 15.3. The van der Waals surface area contributed by atoms with Gasteiger partial charge in [0.2, 0.25) is 0 Å². The highest BCUT2D eigenvalue weighted by Crippen LogP contribution is 2.58. The zero-order chi connectivity index (χ0) is 32.2. The van der Waals surface area contributed by atoms with Crippen molar-refractivity contribution >= 4 is 5.57 Å². The van der Waals surface area contributed by atoms with Crippen LogP contribution in [0.2, 0.25) is 0 Å². The van der Waals surface area contributed by atoms with Crippen molar-refractivity contribution < 1.29 is 0 Å². The highest BCUT2D eigenvalue weighted by Gasteiger charge is 2.47. The Bertz CT molecular complexity index is 1530. The van der Waals surface area contributed by atoms with E-state index < -0.39 is 0 Å². The van der Waals surface area contributed by atoms with Crippen molar-refractivity contribution in [3.8, 4) is 11.1 Å². The molecule has 2 N–H and O–H groups in total. The molecule has 2 atom stereocenters. The van der Waals surface area contributed by atoms with Gasteiger partial charge in [-0.25, -0.2) is 0 Å².